The number of esters is 1. The van der Waals surface area contributed by atoms with Gasteiger partial charge in [0.05, 0.1) is 53.1 Å². The molecule has 2 heterocycles. The van der Waals surface area contributed by atoms with Crippen LogP contribution in [0.2, 0.25) is 5.02 Å². The van der Waals surface area contributed by atoms with Crippen molar-refractivity contribution < 1.29 is 48.1 Å². The minimum Gasteiger partial charge on any atom is -0.493 e. The normalized spacial score (nSPS) is 16.1. The third-order valence-corrected chi connectivity index (χ3v) is 11.4. The van der Waals surface area contributed by atoms with E-state index in [0.29, 0.717) is 47.6 Å². The first-order chi connectivity index (χ1) is 28.3. The van der Waals surface area contributed by atoms with E-state index in [4.69, 9.17) is 46.5 Å². The summed E-state index contributed by atoms with van der Waals surface area (Å²) in [4.78, 5) is 29.2. The number of benzene rings is 3. The summed E-state index contributed by atoms with van der Waals surface area (Å²) < 4.78 is 35.8. The summed E-state index contributed by atoms with van der Waals surface area (Å²) in [6.07, 6.45) is 6.25. The number of rotatable bonds is 19. The summed E-state index contributed by atoms with van der Waals surface area (Å²) in [6, 6.07) is 17.6. The molecule has 0 bridgehead atoms. The molecule has 3 aromatic carbocycles. The van der Waals surface area contributed by atoms with Gasteiger partial charge in [-0.1, -0.05) is 41.9 Å². The lowest BCUT2D eigenvalue weighted by Crippen LogP contribution is -2.39. The first-order valence-corrected chi connectivity index (χ1v) is 21.4. The van der Waals surface area contributed by atoms with Crippen molar-refractivity contribution in [3.63, 3.8) is 0 Å². The van der Waals surface area contributed by atoms with E-state index >= 15 is 0 Å². The Hall–Kier alpha value is -4.57. The standard InChI is InChI=1S/C40H48ClN3O7S.C4H8O3/c1-5-48-39(46)40(26-45)13-15-44(25-40)14-8-16-49-36-12-7-11-34(28(36)3)33-10-6-9-30(27(33)2)24-51-38-19-37(31(20-42)18-35(38)41)50-23-29-17-32(52(4)47)22-43-21-29;1-3(2-5)4(6)7/h6-7,9-12,17-19,21-22,45H,5,8,13-16,20,23-26,42H2,1-4H3;3,5H,2H2,1H3,(H,6,7). The summed E-state index contributed by atoms with van der Waals surface area (Å²) in [7, 11) is -1.15. The van der Waals surface area contributed by atoms with Crippen LogP contribution in [0.25, 0.3) is 11.1 Å². The minimum atomic E-state index is -1.15. The summed E-state index contributed by atoms with van der Waals surface area (Å²) >= 11 is 6.63. The Morgan fingerprint density at radius 1 is 0.966 bits per heavy atom. The van der Waals surface area contributed by atoms with E-state index in [9.17, 15) is 18.9 Å². The molecule has 0 aliphatic carbocycles. The number of aromatic nitrogens is 1. The van der Waals surface area contributed by atoms with Crippen molar-refractivity contribution >= 4 is 34.3 Å². The zero-order valence-electron chi connectivity index (χ0n) is 34.4. The monoisotopic (exact) mass is 853 g/mol. The van der Waals surface area contributed by atoms with Crippen LogP contribution in [0.4, 0.5) is 0 Å². The Bertz CT molecular complexity index is 2070. The molecule has 1 aromatic heterocycles. The zero-order chi connectivity index (χ0) is 43.1. The second kappa shape index (κ2) is 22.7. The van der Waals surface area contributed by atoms with E-state index in [1.165, 1.54) is 6.92 Å². The summed E-state index contributed by atoms with van der Waals surface area (Å²) in [5.41, 5.74) is 12.0. The van der Waals surface area contributed by atoms with Crippen LogP contribution < -0.4 is 19.9 Å². The molecule has 0 saturated carbocycles. The Labute approximate surface area is 353 Å². The maximum atomic E-state index is 12.5. The smallest absolute Gasteiger partial charge is 0.315 e. The number of ether oxygens (including phenoxy) is 4. The molecule has 5 N–H and O–H groups in total. The van der Waals surface area contributed by atoms with Gasteiger partial charge in [0.2, 0.25) is 0 Å². The molecule has 0 spiro atoms. The fraction of sp³-hybridized carbons (Fsp3) is 0.432. The molecule has 0 amide bonds. The van der Waals surface area contributed by atoms with E-state index in [2.05, 4.69) is 35.9 Å². The van der Waals surface area contributed by atoms with Crippen LogP contribution in [0.3, 0.4) is 0 Å². The van der Waals surface area contributed by atoms with E-state index in [0.717, 1.165) is 64.2 Å². The average molecular weight is 854 g/mol. The highest BCUT2D eigenvalue weighted by atomic mass is 35.5. The number of carboxylic acid groups (broad SMARTS) is 1. The third-order valence-electron chi connectivity index (χ3n) is 10.3. The first-order valence-electron chi connectivity index (χ1n) is 19.5. The third kappa shape index (κ3) is 12.7. The number of hydrogen-bond acceptors (Lipinski definition) is 12. The van der Waals surface area contributed by atoms with Crippen molar-refractivity contribution in [3.8, 4) is 28.4 Å². The number of pyridine rings is 1. The van der Waals surface area contributed by atoms with Gasteiger partial charge in [0.15, 0.2) is 0 Å². The number of aliphatic carboxylic acids is 1. The number of carbonyl (C=O) groups is 2. The summed E-state index contributed by atoms with van der Waals surface area (Å²) in [5, 5.41) is 26.5. The maximum absolute atomic E-state index is 12.5. The van der Waals surface area contributed by atoms with Gasteiger partial charge >= 0.3 is 11.9 Å². The van der Waals surface area contributed by atoms with Gasteiger partial charge in [-0.25, -0.2) is 0 Å². The number of nitrogens with zero attached hydrogens (tertiary/aromatic N) is 2. The molecule has 5 rings (SSSR count). The van der Waals surface area contributed by atoms with E-state index in [1.807, 2.05) is 30.3 Å². The van der Waals surface area contributed by atoms with Crippen molar-refractivity contribution in [2.24, 2.45) is 17.1 Å². The van der Waals surface area contributed by atoms with Gasteiger partial charge < -0.3 is 44.9 Å². The van der Waals surface area contributed by atoms with Crippen LogP contribution in [0.1, 0.15) is 54.5 Å². The lowest BCUT2D eigenvalue weighted by molar-refractivity contribution is -0.157. The highest BCUT2D eigenvalue weighted by Crippen LogP contribution is 2.37. The minimum absolute atomic E-state index is 0.206. The lowest BCUT2D eigenvalue weighted by atomic mass is 9.88. The molecule has 3 atom stereocenters. The number of carboxylic acids is 1. The van der Waals surface area contributed by atoms with Crippen LogP contribution in [0, 0.1) is 25.2 Å². The van der Waals surface area contributed by atoms with Crippen molar-refractivity contribution in [3.05, 3.63) is 99.8 Å². The van der Waals surface area contributed by atoms with Crippen LogP contribution >= 0.6 is 11.6 Å². The summed E-state index contributed by atoms with van der Waals surface area (Å²) in [5.74, 6) is -0.0475. The Morgan fingerprint density at radius 3 is 2.32 bits per heavy atom. The van der Waals surface area contributed by atoms with Gasteiger partial charge in [0.25, 0.3) is 0 Å². The molecule has 4 aromatic rings. The number of carbonyl (C=O) groups excluding carboxylic acids is 1. The predicted molar refractivity (Wildman–Crippen MR) is 227 cm³/mol. The molecule has 1 saturated heterocycles. The summed E-state index contributed by atoms with van der Waals surface area (Å²) in [6.45, 7) is 10.5. The van der Waals surface area contributed by atoms with Gasteiger partial charge in [-0.15, -0.1) is 0 Å². The first kappa shape index (κ1) is 47.1. The van der Waals surface area contributed by atoms with Gasteiger partial charge in [0, 0.05) is 55.5 Å². The molecule has 3 unspecified atom stereocenters. The van der Waals surface area contributed by atoms with E-state index in [1.54, 1.807) is 37.7 Å². The van der Waals surface area contributed by atoms with Gasteiger partial charge in [-0.2, -0.15) is 0 Å². The number of aliphatic hydroxyl groups is 2. The number of hydrogen-bond donors (Lipinski definition) is 4. The van der Waals surface area contributed by atoms with E-state index < -0.39 is 28.1 Å². The molecule has 1 aliphatic rings. The molecule has 15 heteroatoms. The van der Waals surface area contributed by atoms with Crippen molar-refractivity contribution in [2.45, 2.75) is 65.2 Å². The molecular weight excluding hydrogens is 798 g/mol. The molecule has 1 fully saturated rings. The highest BCUT2D eigenvalue weighted by Gasteiger charge is 2.45. The van der Waals surface area contributed by atoms with Gasteiger partial charge in [0.1, 0.15) is 35.9 Å². The number of aliphatic hydroxyl groups excluding tert-OH is 2. The number of nitrogens with two attached hydrogens (primary N) is 1. The van der Waals surface area contributed by atoms with Gasteiger partial charge in [-0.3, -0.25) is 18.8 Å². The van der Waals surface area contributed by atoms with Gasteiger partial charge in [-0.05, 0) is 93.1 Å². The second-order valence-electron chi connectivity index (χ2n) is 14.5. The van der Waals surface area contributed by atoms with Crippen LogP contribution in [0.5, 0.6) is 17.2 Å². The van der Waals surface area contributed by atoms with E-state index in [-0.39, 0.29) is 38.9 Å². The predicted octanol–water partition coefficient (Wildman–Crippen LogP) is 6.09. The van der Waals surface area contributed by atoms with Crippen molar-refractivity contribution in [2.75, 3.05) is 52.3 Å². The highest BCUT2D eigenvalue weighted by molar-refractivity contribution is 7.84. The molecule has 0 radical (unpaired) electrons. The van der Waals surface area contributed by atoms with Crippen molar-refractivity contribution in [1.82, 2.24) is 9.88 Å². The molecule has 320 valence electrons. The topological polar surface area (TPSA) is 191 Å². The largest absolute Gasteiger partial charge is 0.493 e. The Morgan fingerprint density at radius 2 is 1.68 bits per heavy atom. The molecular formula is C44H56ClN3O10S. The number of likely N-dealkylation sites (tertiary alicyclic amines) is 1. The van der Waals surface area contributed by atoms with Crippen LogP contribution in [0.15, 0.2) is 71.9 Å². The Balaban J connectivity index is 0.00000101. The van der Waals surface area contributed by atoms with Crippen LogP contribution in [-0.4, -0.2) is 93.7 Å². The maximum Gasteiger partial charge on any atom is 0.315 e. The van der Waals surface area contributed by atoms with Crippen molar-refractivity contribution in [1.29, 1.82) is 0 Å². The lowest BCUT2D eigenvalue weighted by Gasteiger charge is -2.24. The number of halogens is 1. The fourth-order valence-corrected chi connectivity index (χ4v) is 7.30. The molecule has 13 nitrogen and oxygen atoms in total. The quantitative estimate of drug-likeness (QED) is 0.0627. The zero-order valence-corrected chi connectivity index (χ0v) is 35.9. The fourth-order valence-electron chi connectivity index (χ4n) is 6.53. The Kier molecular flexibility index (Phi) is 18.1. The SMILES string of the molecule is CC(CO)C(=O)O.CCOC(=O)C1(CO)CCN(CCCOc2cccc(-c3cccc(COc4cc(OCc5cncc(S(C)=O)c5)c(CN)cc4Cl)c3C)c2C)C1. The average Bonchev–Trinajstić information content (AvgIpc) is 3.67. The molecule has 1 aliphatic heterocycles. The second-order valence-corrected chi connectivity index (χ2v) is 16.3. The van der Waals surface area contributed by atoms with Crippen LogP contribution in [-0.2, 0) is 44.9 Å². The molecule has 59 heavy (non-hydrogen) atoms.